The van der Waals surface area contributed by atoms with E-state index in [1.54, 1.807) is 12.2 Å². The first-order valence-electron chi connectivity index (χ1n) is 2.92. The number of carbonyl (C=O) groups excluding carboxylic acids is 1. The third-order valence-corrected chi connectivity index (χ3v) is 1.08. The van der Waals surface area contributed by atoms with Gasteiger partial charge in [-0.15, -0.1) is 0 Å². The Labute approximate surface area is 58.9 Å². The van der Waals surface area contributed by atoms with Crippen LogP contribution in [0.1, 0.15) is 6.92 Å². The predicted octanol–water partition coefficient (Wildman–Crippen LogP) is 0.977. The molecule has 0 aromatic heterocycles. The smallest absolute Gasteiger partial charge is 0.377 e. The summed E-state index contributed by atoms with van der Waals surface area (Å²) in [7, 11) is 1.32. The van der Waals surface area contributed by atoms with Crippen LogP contribution in [0.3, 0.4) is 0 Å². The summed E-state index contributed by atoms with van der Waals surface area (Å²) >= 11 is 0. The van der Waals surface area contributed by atoms with E-state index in [2.05, 4.69) is 4.74 Å². The zero-order chi connectivity index (χ0) is 7.56. The first-order chi connectivity index (χ1) is 4.79. The maximum Gasteiger partial charge on any atom is 0.377 e. The van der Waals surface area contributed by atoms with E-state index in [4.69, 9.17) is 4.74 Å². The zero-order valence-electron chi connectivity index (χ0n) is 5.88. The Kier molecular flexibility index (Phi) is 1.76. The molecule has 0 fully saturated rings. The molecule has 0 amide bonds. The lowest BCUT2D eigenvalue weighted by atomic mass is 10.4. The number of hydrogen-bond donors (Lipinski definition) is 0. The van der Waals surface area contributed by atoms with Crippen LogP contribution < -0.4 is 0 Å². The van der Waals surface area contributed by atoms with Crippen molar-refractivity contribution >= 4 is 5.97 Å². The lowest BCUT2D eigenvalue weighted by Crippen LogP contribution is -1.96. The Morgan fingerprint density at radius 2 is 2.40 bits per heavy atom. The first kappa shape index (κ1) is 6.86. The third kappa shape index (κ3) is 1.18. The van der Waals surface area contributed by atoms with Gasteiger partial charge in [0.15, 0.2) is 5.76 Å². The van der Waals surface area contributed by atoms with Gasteiger partial charge in [-0.25, -0.2) is 4.79 Å². The normalized spacial score (nSPS) is 15.4. The van der Waals surface area contributed by atoms with Crippen molar-refractivity contribution in [1.82, 2.24) is 0 Å². The zero-order valence-corrected chi connectivity index (χ0v) is 5.88. The maximum absolute atomic E-state index is 10.6. The summed E-state index contributed by atoms with van der Waals surface area (Å²) in [5.74, 6) is 0.517. The van der Waals surface area contributed by atoms with Crippen molar-refractivity contribution < 1.29 is 14.3 Å². The molecule has 0 aromatic rings. The Morgan fingerprint density at radius 3 is 2.90 bits per heavy atom. The van der Waals surface area contributed by atoms with Gasteiger partial charge in [-0.1, -0.05) is 6.08 Å². The third-order valence-electron chi connectivity index (χ3n) is 1.08. The highest BCUT2D eigenvalue weighted by molar-refractivity contribution is 5.91. The van der Waals surface area contributed by atoms with Crippen LogP contribution in [-0.2, 0) is 14.3 Å². The Hall–Kier alpha value is -1.25. The van der Waals surface area contributed by atoms with Gasteiger partial charge < -0.3 is 9.47 Å². The fourth-order valence-electron chi connectivity index (χ4n) is 0.580. The van der Waals surface area contributed by atoms with E-state index in [0.717, 1.165) is 0 Å². The molecule has 0 saturated heterocycles. The van der Waals surface area contributed by atoms with Crippen LogP contribution in [-0.4, -0.2) is 13.1 Å². The molecule has 1 heterocycles. The van der Waals surface area contributed by atoms with Crippen LogP contribution in [0.2, 0.25) is 0 Å². The molecule has 3 nitrogen and oxygen atoms in total. The molecule has 54 valence electrons. The van der Waals surface area contributed by atoms with Crippen molar-refractivity contribution in [3.8, 4) is 0 Å². The molecule has 1 aliphatic rings. The van der Waals surface area contributed by atoms with Gasteiger partial charge in [0.25, 0.3) is 5.76 Å². The van der Waals surface area contributed by atoms with Gasteiger partial charge in [0.1, 0.15) is 0 Å². The standard InChI is InChI=1S/C7H8O3/c1-3-4-5-6(10-5)7(8)9-2/h3-4H,1-2H3/b4-3+. The van der Waals surface area contributed by atoms with Crippen molar-refractivity contribution in [2.45, 2.75) is 6.92 Å². The van der Waals surface area contributed by atoms with Gasteiger partial charge in [0, 0.05) is 0 Å². The molecule has 0 spiro atoms. The number of hydrogen-bond acceptors (Lipinski definition) is 3. The van der Waals surface area contributed by atoms with Crippen LogP contribution in [0.25, 0.3) is 0 Å². The van der Waals surface area contributed by atoms with E-state index in [-0.39, 0.29) is 0 Å². The molecule has 1 rings (SSSR count). The monoisotopic (exact) mass is 140 g/mol. The molecule has 0 saturated carbocycles. The lowest BCUT2D eigenvalue weighted by Gasteiger charge is -1.84. The minimum atomic E-state index is -0.409. The van der Waals surface area contributed by atoms with Crippen molar-refractivity contribution in [2.75, 3.05) is 7.11 Å². The van der Waals surface area contributed by atoms with Crippen LogP contribution >= 0.6 is 0 Å². The van der Waals surface area contributed by atoms with Crippen molar-refractivity contribution in [3.05, 3.63) is 23.7 Å². The van der Waals surface area contributed by atoms with Gasteiger partial charge >= 0.3 is 5.97 Å². The predicted molar refractivity (Wildman–Crippen MR) is 34.9 cm³/mol. The fourth-order valence-corrected chi connectivity index (χ4v) is 0.580. The quantitative estimate of drug-likeness (QED) is 0.536. The van der Waals surface area contributed by atoms with Gasteiger partial charge in [0.05, 0.1) is 7.11 Å². The Morgan fingerprint density at radius 1 is 1.70 bits per heavy atom. The second kappa shape index (κ2) is 2.56. The Bertz CT molecular complexity index is 213. The summed E-state index contributed by atoms with van der Waals surface area (Å²) < 4.78 is 9.18. The summed E-state index contributed by atoms with van der Waals surface area (Å²) in [6.45, 7) is 1.85. The largest absolute Gasteiger partial charge is 0.463 e. The molecular formula is C7H8O3. The molecule has 0 unspecified atom stereocenters. The molecular weight excluding hydrogens is 132 g/mol. The molecule has 0 aliphatic carbocycles. The summed E-state index contributed by atoms with van der Waals surface area (Å²) in [6.07, 6.45) is 3.51. The number of rotatable bonds is 2. The molecule has 1 aliphatic heterocycles. The number of ether oxygens (including phenoxy) is 2. The highest BCUT2D eigenvalue weighted by atomic mass is 16.6. The van der Waals surface area contributed by atoms with E-state index >= 15 is 0 Å². The molecule has 3 heteroatoms. The molecule has 10 heavy (non-hydrogen) atoms. The number of carbonyl (C=O) groups is 1. The van der Waals surface area contributed by atoms with E-state index in [1.807, 2.05) is 6.92 Å². The maximum atomic E-state index is 10.6. The van der Waals surface area contributed by atoms with Crippen LogP contribution in [0.4, 0.5) is 0 Å². The SMILES string of the molecule is C/C=C/C1=C(C(=O)OC)O1. The highest BCUT2D eigenvalue weighted by Crippen LogP contribution is 2.27. The first-order valence-corrected chi connectivity index (χ1v) is 2.92. The van der Waals surface area contributed by atoms with Crippen LogP contribution in [0.5, 0.6) is 0 Å². The van der Waals surface area contributed by atoms with Crippen LogP contribution in [0, 0.1) is 0 Å². The summed E-state index contributed by atoms with van der Waals surface area (Å²) in [5.41, 5.74) is 0. The molecule has 0 N–H and O–H groups in total. The average molecular weight is 140 g/mol. The molecule has 0 aromatic carbocycles. The average Bonchev–Trinajstić information content (AvgIpc) is 2.67. The van der Waals surface area contributed by atoms with E-state index in [9.17, 15) is 4.79 Å². The summed E-state index contributed by atoms with van der Waals surface area (Å²) in [5, 5.41) is 0. The Balaban J connectivity index is 2.55. The molecule has 0 radical (unpaired) electrons. The van der Waals surface area contributed by atoms with Crippen molar-refractivity contribution in [2.24, 2.45) is 0 Å². The number of methoxy groups -OCH3 is 1. The van der Waals surface area contributed by atoms with E-state index < -0.39 is 5.97 Å². The van der Waals surface area contributed by atoms with E-state index in [0.29, 0.717) is 11.5 Å². The van der Waals surface area contributed by atoms with Gasteiger partial charge in [0.2, 0.25) is 0 Å². The highest BCUT2D eigenvalue weighted by Gasteiger charge is 2.30. The van der Waals surface area contributed by atoms with Gasteiger partial charge in [-0.2, -0.15) is 0 Å². The summed E-state index contributed by atoms with van der Waals surface area (Å²) in [6, 6.07) is 0. The summed E-state index contributed by atoms with van der Waals surface area (Å²) in [4.78, 5) is 10.6. The minimum Gasteiger partial charge on any atom is -0.463 e. The van der Waals surface area contributed by atoms with Crippen LogP contribution in [0.15, 0.2) is 23.7 Å². The second-order valence-corrected chi connectivity index (χ2v) is 1.79. The molecule has 0 atom stereocenters. The number of esters is 1. The lowest BCUT2D eigenvalue weighted by molar-refractivity contribution is -0.137. The van der Waals surface area contributed by atoms with Crippen molar-refractivity contribution in [3.63, 3.8) is 0 Å². The number of allylic oxidation sites excluding steroid dienone is 2. The fraction of sp³-hybridized carbons (Fsp3) is 0.286. The van der Waals surface area contributed by atoms with Gasteiger partial charge in [-0.05, 0) is 13.0 Å². The van der Waals surface area contributed by atoms with E-state index in [1.165, 1.54) is 7.11 Å². The molecule has 0 bridgehead atoms. The second-order valence-electron chi connectivity index (χ2n) is 1.79. The van der Waals surface area contributed by atoms with Gasteiger partial charge in [-0.3, -0.25) is 0 Å². The topological polar surface area (TPSA) is 38.8 Å². The van der Waals surface area contributed by atoms with Crippen molar-refractivity contribution in [1.29, 1.82) is 0 Å². The minimum absolute atomic E-state index is 0.320.